The van der Waals surface area contributed by atoms with Gasteiger partial charge in [-0.05, 0) is 54.9 Å². The van der Waals surface area contributed by atoms with E-state index in [0.29, 0.717) is 17.0 Å². The number of hydrogen-bond donors (Lipinski definition) is 0. The molecule has 0 saturated heterocycles. The number of rotatable bonds is 4. The van der Waals surface area contributed by atoms with Crippen LogP contribution in [0.1, 0.15) is 56.6 Å². The molecule has 0 nitrogen and oxygen atoms in total. The molecule has 0 amide bonds. The summed E-state index contributed by atoms with van der Waals surface area (Å²) in [5, 5.41) is 0. The Bertz CT molecular complexity index is 607. The van der Waals surface area contributed by atoms with Crippen LogP contribution >= 0.6 is 0 Å². The van der Waals surface area contributed by atoms with Crippen LogP contribution in [0.15, 0.2) is 48.5 Å². The van der Waals surface area contributed by atoms with E-state index in [0.717, 1.165) is 25.7 Å². The standard InChI is InChI=1S/C21H24F2/c1-2-7-16-12-14-21(15-13-16,17-8-3-5-10-19(17)22)18-9-4-6-11-20(18)23/h3-6,8-11,16H,2,7,12-15H2,1H3. The molecule has 23 heavy (non-hydrogen) atoms. The number of hydrogen-bond acceptors (Lipinski definition) is 0. The maximum absolute atomic E-state index is 14.6. The lowest BCUT2D eigenvalue weighted by Gasteiger charge is -2.41. The van der Waals surface area contributed by atoms with Crippen molar-refractivity contribution >= 4 is 0 Å². The van der Waals surface area contributed by atoms with E-state index in [-0.39, 0.29) is 11.6 Å². The molecule has 2 aromatic rings. The van der Waals surface area contributed by atoms with Crippen LogP contribution in [0.5, 0.6) is 0 Å². The van der Waals surface area contributed by atoms with Gasteiger partial charge in [0.15, 0.2) is 0 Å². The summed E-state index contributed by atoms with van der Waals surface area (Å²) < 4.78 is 29.1. The van der Waals surface area contributed by atoms with E-state index < -0.39 is 5.41 Å². The fraction of sp³-hybridized carbons (Fsp3) is 0.429. The molecule has 3 rings (SSSR count). The minimum absolute atomic E-state index is 0.218. The average molecular weight is 314 g/mol. The molecule has 0 heterocycles. The Morgan fingerprint density at radius 2 is 1.35 bits per heavy atom. The molecule has 0 radical (unpaired) electrons. The van der Waals surface area contributed by atoms with Crippen LogP contribution in [-0.4, -0.2) is 0 Å². The van der Waals surface area contributed by atoms with Crippen molar-refractivity contribution < 1.29 is 8.78 Å². The lowest BCUT2D eigenvalue weighted by molar-refractivity contribution is 0.244. The summed E-state index contributed by atoms with van der Waals surface area (Å²) in [4.78, 5) is 0. The average Bonchev–Trinajstić information content (AvgIpc) is 2.57. The highest BCUT2D eigenvalue weighted by molar-refractivity contribution is 5.41. The summed E-state index contributed by atoms with van der Waals surface area (Å²) in [6.07, 6.45) is 6.10. The molecule has 122 valence electrons. The summed E-state index contributed by atoms with van der Waals surface area (Å²) in [6.45, 7) is 2.20. The lowest BCUT2D eigenvalue weighted by Crippen LogP contribution is -2.35. The first-order chi connectivity index (χ1) is 11.2. The van der Waals surface area contributed by atoms with Gasteiger partial charge in [0.05, 0.1) is 0 Å². The van der Waals surface area contributed by atoms with Crippen molar-refractivity contribution in [3.8, 4) is 0 Å². The predicted octanol–water partition coefficient (Wildman–Crippen LogP) is 6.24. The van der Waals surface area contributed by atoms with Crippen molar-refractivity contribution in [2.75, 3.05) is 0 Å². The van der Waals surface area contributed by atoms with Crippen molar-refractivity contribution in [2.45, 2.75) is 50.9 Å². The third kappa shape index (κ3) is 3.04. The summed E-state index contributed by atoms with van der Waals surface area (Å²) >= 11 is 0. The predicted molar refractivity (Wildman–Crippen MR) is 90.4 cm³/mol. The Kier molecular flexibility index (Phi) is 4.79. The van der Waals surface area contributed by atoms with E-state index >= 15 is 0 Å². The van der Waals surface area contributed by atoms with E-state index in [1.165, 1.54) is 25.0 Å². The van der Waals surface area contributed by atoms with Crippen molar-refractivity contribution in [1.82, 2.24) is 0 Å². The first kappa shape index (κ1) is 16.2. The molecule has 0 N–H and O–H groups in total. The van der Waals surface area contributed by atoms with Crippen molar-refractivity contribution in [3.05, 3.63) is 71.3 Å². The van der Waals surface area contributed by atoms with Crippen molar-refractivity contribution in [1.29, 1.82) is 0 Å². The van der Waals surface area contributed by atoms with Crippen LogP contribution in [-0.2, 0) is 5.41 Å². The van der Waals surface area contributed by atoms with Crippen molar-refractivity contribution in [2.24, 2.45) is 5.92 Å². The molecule has 1 fully saturated rings. The van der Waals surface area contributed by atoms with E-state index in [9.17, 15) is 8.78 Å². The van der Waals surface area contributed by atoms with Gasteiger partial charge in [0, 0.05) is 5.41 Å². The first-order valence-corrected chi connectivity index (χ1v) is 8.67. The second-order valence-electron chi connectivity index (χ2n) is 6.77. The molecule has 2 aromatic carbocycles. The highest BCUT2D eigenvalue weighted by atomic mass is 19.1. The largest absolute Gasteiger partial charge is 0.207 e. The highest BCUT2D eigenvalue weighted by Crippen LogP contribution is 2.48. The lowest BCUT2D eigenvalue weighted by atomic mass is 9.62. The molecule has 1 aliphatic rings. The van der Waals surface area contributed by atoms with Crippen LogP contribution in [0.4, 0.5) is 8.78 Å². The summed E-state index contributed by atoms with van der Waals surface area (Å²) in [6, 6.07) is 13.8. The topological polar surface area (TPSA) is 0 Å². The molecule has 0 aliphatic heterocycles. The van der Waals surface area contributed by atoms with Gasteiger partial charge in [-0.1, -0.05) is 56.2 Å². The van der Waals surface area contributed by atoms with Crippen LogP contribution in [0.25, 0.3) is 0 Å². The van der Waals surface area contributed by atoms with E-state index in [4.69, 9.17) is 0 Å². The summed E-state index contributed by atoms with van der Waals surface area (Å²) in [5.41, 5.74) is 0.779. The third-order valence-corrected chi connectivity index (χ3v) is 5.43. The Labute approximate surface area is 137 Å². The summed E-state index contributed by atoms with van der Waals surface area (Å²) in [5.74, 6) is 0.251. The van der Waals surface area contributed by atoms with Crippen LogP contribution in [0, 0.1) is 17.6 Å². The minimum atomic E-state index is -0.527. The van der Waals surface area contributed by atoms with E-state index in [2.05, 4.69) is 6.92 Å². The Hall–Kier alpha value is -1.70. The molecule has 0 aromatic heterocycles. The van der Waals surface area contributed by atoms with Gasteiger partial charge < -0.3 is 0 Å². The molecule has 0 unspecified atom stereocenters. The van der Waals surface area contributed by atoms with Gasteiger partial charge in [-0.25, -0.2) is 8.78 Å². The van der Waals surface area contributed by atoms with Gasteiger partial charge in [-0.15, -0.1) is 0 Å². The van der Waals surface area contributed by atoms with Crippen LogP contribution < -0.4 is 0 Å². The fourth-order valence-electron chi connectivity index (χ4n) is 4.25. The molecule has 0 atom stereocenters. The Morgan fingerprint density at radius 3 is 1.78 bits per heavy atom. The first-order valence-electron chi connectivity index (χ1n) is 8.67. The SMILES string of the molecule is CCCC1CCC(c2ccccc2F)(c2ccccc2F)CC1. The van der Waals surface area contributed by atoms with E-state index in [1.54, 1.807) is 12.1 Å². The number of halogens is 2. The molecule has 0 spiro atoms. The van der Waals surface area contributed by atoms with Crippen LogP contribution in [0.2, 0.25) is 0 Å². The van der Waals surface area contributed by atoms with Gasteiger partial charge in [0.25, 0.3) is 0 Å². The number of benzene rings is 2. The maximum Gasteiger partial charge on any atom is 0.127 e. The highest BCUT2D eigenvalue weighted by Gasteiger charge is 2.41. The normalized spacial score (nSPS) is 18.0. The zero-order chi connectivity index (χ0) is 16.3. The van der Waals surface area contributed by atoms with Gasteiger partial charge in [-0.2, -0.15) is 0 Å². The molecular weight excluding hydrogens is 290 g/mol. The van der Waals surface area contributed by atoms with Gasteiger partial charge >= 0.3 is 0 Å². The maximum atomic E-state index is 14.6. The second-order valence-corrected chi connectivity index (χ2v) is 6.77. The molecule has 0 bridgehead atoms. The van der Waals surface area contributed by atoms with Crippen LogP contribution in [0.3, 0.4) is 0 Å². The van der Waals surface area contributed by atoms with E-state index in [1.807, 2.05) is 24.3 Å². The zero-order valence-electron chi connectivity index (χ0n) is 13.7. The quantitative estimate of drug-likeness (QED) is 0.626. The van der Waals surface area contributed by atoms with Crippen molar-refractivity contribution in [3.63, 3.8) is 0 Å². The smallest absolute Gasteiger partial charge is 0.127 e. The second kappa shape index (κ2) is 6.82. The minimum Gasteiger partial charge on any atom is -0.207 e. The molecule has 1 saturated carbocycles. The Balaban J connectivity index is 2.05. The fourth-order valence-corrected chi connectivity index (χ4v) is 4.25. The summed E-state index contributed by atoms with van der Waals surface area (Å²) in [7, 11) is 0. The molecule has 1 aliphatic carbocycles. The third-order valence-electron chi connectivity index (χ3n) is 5.43. The Morgan fingerprint density at radius 1 is 0.870 bits per heavy atom. The van der Waals surface area contributed by atoms with Gasteiger partial charge in [0.1, 0.15) is 11.6 Å². The van der Waals surface area contributed by atoms with Gasteiger partial charge in [-0.3, -0.25) is 0 Å². The molecular formula is C21H24F2. The molecule has 2 heteroatoms. The van der Waals surface area contributed by atoms with Gasteiger partial charge in [0.2, 0.25) is 0 Å². The zero-order valence-corrected chi connectivity index (χ0v) is 13.7. The monoisotopic (exact) mass is 314 g/mol.